The zero-order chi connectivity index (χ0) is 24.0. The summed E-state index contributed by atoms with van der Waals surface area (Å²) in [4.78, 5) is 12.0. The van der Waals surface area contributed by atoms with Gasteiger partial charge >= 0.3 is 0 Å². The van der Waals surface area contributed by atoms with E-state index in [-0.39, 0.29) is 37.0 Å². The van der Waals surface area contributed by atoms with Gasteiger partial charge in [-0.25, -0.2) is 13.8 Å². The van der Waals surface area contributed by atoms with Crippen LogP contribution in [0.4, 0.5) is 20.5 Å². The Morgan fingerprint density at radius 1 is 1.18 bits per heavy atom. The molecule has 3 N–H and O–H groups in total. The molecule has 0 unspecified atom stereocenters. The van der Waals surface area contributed by atoms with Crippen molar-refractivity contribution in [2.75, 3.05) is 41.9 Å². The van der Waals surface area contributed by atoms with E-state index in [1.807, 2.05) is 18.7 Å². The molecule has 0 spiro atoms. The molecule has 182 valence electrons. The zero-order valence-electron chi connectivity index (χ0n) is 19.2. The van der Waals surface area contributed by atoms with Crippen LogP contribution in [0.3, 0.4) is 0 Å². The molecule has 33 heavy (non-hydrogen) atoms. The van der Waals surface area contributed by atoms with Gasteiger partial charge in [-0.3, -0.25) is 4.21 Å². The monoisotopic (exact) mass is 482 g/mol. The van der Waals surface area contributed by atoms with Gasteiger partial charge in [-0.2, -0.15) is 4.98 Å². The highest BCUT2D eigenvalue weighted by Crippen LogP contribution is 2.38. The van der Waals surface area contributed by atoms with E-state index in [1.165, 1.54) is 12.1 Å². The third kappa shape index (κ3) is 4.74. The number of hydrogen-bond donors (Lipinski definition) is 4. The summed E-state index contributed by atoms with van der Waals surface area (Å²) in [7, 11) is -2.60. The molecule has 2 aromatic rings. The predicted molar refractivity (Wildman–Crippen MR) is 125 cm³/mol. The Kier molecular flexibility index (Phi) is 6.45. The normalized spacial score (nSPS) is 21.0. The van der Waals surface area contributed by atoms with E-state index in [0.29, 0.717) is 41.9 Å². The fraction of sp³-hybridized carbons (Fsp3) is 0.565. The van der Waals surface area contributed by atoms with E-state index >= 15 is 0 Å². The number of nitrogens with zero attached hydrogens (tertiary/aromatic N) is 3. The average Bonchev–Trinajstić information content (AvgIpc) is 3.06. The summed E-state index contributed by atoms with van der Waals surface area (Å²) in [6.07, 6.45) is 2.86. The molecular weight excluding hydrogens is 450 g/mol. The van der Waals surface area contributed by atoms with Gasteiger partial charge in [0.1, 0.15) is 17.5 Å². The van der Waals surface area contributed by atoms with Crippen LogP contribution in [0, 0.1) is 17.6 Å². The summed E-state index contributed by atoms with van der Waals surface area (Å²) in [5.41, 5.74) is -0.357. The zero-order valence-corrected chi connectivity index (χ0v) is 20.1. The Bertz CT molecular complexity index is 1070. The molecule has 1 saturated heterocycles. The molecule has 3 heterocycles. The van der Waals surface area contributed by atoms with E-state index in [2.05, 4.69) is 5.32 Å². The maximum Gasteiger partial charge on any atom is 0.227 e. The summed E-state index contributed by atoms with van der Waals surface area (Å²) < 4.78 is 40.6. The third-order valence-corrected chi connectivity index (χ3v) is 9.28. The van der Waals surface area contributed by atoms with Crippen molar-refractivity contribution in [3.8, 4) is 0 Å². The molecule has 1 atom stereocenters. The number of rotatable bonds is 6. The SMILES string of the molecule is CC(C)[C@H](CO)Nc1nc(N2CCC(O)(c3cc(F)cc(F)c3)CC2)nc2c1[SH](C)(=O)CC2. The Morgan fingerprint density at radius 2 is 1.82 bits per heavy atom. The second-order valence-corrected chi connectivity index (χ2v) is 12.7. The highest BCUT2D eigenvalue weighted by Gasteiger charge is 2.37. The number of aliphatic hydroxyl groups is 2. The lowest BCUT2D eigenvalue weighted by Gasteiger charge is -2.39. The van der Waals surface area contributed by atoms with E-state index in [4.69, 9.17) is 9.97 Å². The number of aliphatic hydroxyl groups excluding tert-OH is 1. The highest BCUT2D eigenvalue weighted by molar-refractivity contribution is 8.02. The number of anilines is 2. The first kappa shape index (κ1) is 24.0. The molecule has 10 heteroatoms. The smallest absolute Gasteiger partial charge is 0.227 e. The molecule has 0 aliphatic carbocycles. The van der Waals surface area contributed by atoms with E-state index in [9.17, 15) is 23.2 Å². The predicted octanol–water partition coefficient (Wildman–Crippen LogP) is 2.23. The lowest BCUT2D eigenvalue weighted by molar-refractivity contribution is 0.0109. The molecule has 2 aliphatic rings. The second-order valence-electron chi connectivity index (χ2n) is 9.60. The van der Waals surface area contributed by atoms with Crippen molar-refractivity contribution >= 4 is 21.7 Å². The first-order chi connectivity index (χ1) is 15.5. The van der Waals surface area contributed by atoms with Gasteiger partial charge in [-0.1, -0.05) is 23.8 Å². The Labute approximate surface area is 193 Å². The van der Waals surface area contributed by atoms with Gasteiger partial charge in [-0.15, -0.1) is 0 Å². The Morgan fingerprint density at radius 3 is 2.39 bits per heavy atom. The summed E-state index contributed by atoms with van der Waals surface area (Å²) in [6.45, 7) is 4.68. The third-order valence-electron chi connectivity index (χ3n) is 6.79. The number of piperidine rings is 1. The summed E-state index contributed by atoms with van der Waals surface area (Å²) in [5.74, 6) is 0.201. The van der Waals surface area contributed by atoms with E-state index in [0.717, 1.165) is 11.8 Å². The van der Waals surface area contributed by atoms with Crippen molar-refractivity contribution in [3.63, 3.8) is 0 Å². The number of hydrogen-bond acceptors (Lipinski definition) is 7. The minimum Gasteiger partial charge on any atom is -0.394 e. The van der Waals surface area contributed by atoms with Crippen molar-refractivity contribution in [3.05, 3.63) is 41.1 Å². The van der Waals surface area contributed by atoms with Crippen LogP contribution in [0.2, 0.25) is 0 Å². The van der Waals surface area contributed by atoms with Gasteiger partial charge < -0.3 is 20.4 Å². The maximum absolute atomic E-state index is 13.7. The minimum atomic E-state index is -2.60. The number of nitrogens with one attached hydrogen (secondary N) is 1. The van der Waals surface area contributed by atoms with Crippen molar-refractivity contribution in [1.29, 1.82) is 0 Å². The lowest BCUT2D eigenvalue weighted by atomic mass is 9.84. The minimum absolute atomic E-state index is 0.0826. The molecule has 0 bridgehead atoms. The fourth-order valence-corrected chi connectivity index (χ4v) is 6.75. The van der Waals surface area contributed by atoms with Crippen molar-refractivity contribution < 1.29 is 23.2 Å². The van der Waals surface area contributed by atoms with Gasteiger partial charge in [0.15, 0.2) is 0 Å². The molecule has 0 radical (unpaired) electrons. The molecule has 1 fully saturated rings. The summed E-state index contributed by atoms with van der Waals surface area (Å²) >= 11 is 0. The molecule has 0 saturated carbocycles. The quantitative estimate of drug-likeness (QED) is 0.469. The number of aryl methyl sites for hydroxylation is 1. The van der Waals surface area contributed by atoms with Crippen molar-refractivity contribution in [1.82, 2.24) is 9.97 Å². The molecular formula is C23H32F2N4O3S. The van der Waals surface area contributed by atoms with Crippen LogP contribution in [0.5, 0.6) is 0 Å². The number of thiol groups is 1. The number of benzene rings is 1. The molecule has 1 aromatic carbocycles. The topological polar surface area (TPSA) is 98.6 Å². The highest BCUT2D eigenvalue weighted by atomic mass is 32.2. The van der Waals surface area contributed by atoms with Crippen LogP contribution in [0.1, 0.15) is 37.9 Å². The molecule has 0 amide bonds. The van der Waals surface area contributed by atoms with Gasteiger partial charge in [0.2, 0.25) is 5.95 Å². The Balaban J connectivity index is 1.61. The maximum atomic E-state index is 13.7. The van der Waals surface area contributed by atoms with Crippen LogP contribution in [-0.2, 0) is 22.0 Å². The van der Waals surface area contributed by atoms with Crippen LogP contribution >= 0.6 is 0 Å². The van der Waals surface area contributed by atoms with Gasteiger partial charge in [-0.05, 0) is 42.7 Å². The Hall–Kier alpha value is -2.17. The fourth-order valence-electron chi connectivity index (χ4n) is 4.62. The summed E-state index contributed by atoms with van der Waals surface area (Å²) in [5, 5.41) is 24.1. The molecule has 2 aliphatic heterocycles. The number of fused-ring (bicyclic) bond motifs is 1. The molecule has 4 rings (SSSR count). The van der Waals surface area contributed by atoms with Gasteiger partial charge in [0.25, 0.3) is 0 Å². The van der Waals surface area contributed by atoms with Crippen molar-refractivity contribution in [2.45, 2.75) is 49.6 Å². The average molecular weight is 483 g/mol. The van der Waals surface area contributed by atoms with E-state index in [1.54, 1.807) is 6.26 Å². The van der Waals surface area contributed by atoms with Crippen LogP contribution in [-0.4, -0.2) is 62.1 Å². The molecule has 7 nitrogen and oxygen atoms in total. The van der Waals surface area contributed by atoms with Crippen LogP contribution in [0.25, 0.3) is 0 Å². The summed E-state index contributed by atoms with van der Waals surface area (Å²) in [6, 6.07) is 2.89. The van der Waals surface area contributed by atoms with Gasteiger partial charge in [0, 0.05) is 31.3 Å². The standard InChI is InChI=1S/C23H32F2N4O3S/c1-14(2)19(13-30)26-21-20-18(4-9-33(20,3)32)27-22(28-21)29-7-5-23(31,6-8-29)15-10-16(24)12-17(25)11-15/h10-12,14,19,30-31,33H,4-9,13H2,1-3H3,(H,26,27,28)/t19-/m0/s1. The van der Waals surface area contributed by atoms with Crippen molar-refractivity contribution in [2.24, 2.45) is 5.92 Å². The number of aromatic nitrogens is 2. The lowest BCUT2D eigenvalue weighted by Crippen LogP contribution is -2.43. The first-order valence-corrected chi connectivity index (χ1v) is 13.7. The van der Waals surface area contributed by atoms with Crippen LogP contribution in [0.15, 0.2) is 23.1 Å². The first-order valence-electron chi connectivity index (χ1n) is 11.3. The van der Waals surface area contributed by atoms with Crippen LogP contribution < -0.4 is 10.2 Å². The number of halogens is 2. The second kappa shape index (κ2) is 8.88. The largest absolute Gasteiger partial charge is 0.394 e. The van der Waals surface area contributed by atoms with Gasteiger partial charge in [0.05, 0.1) is 28.8 Å². The van der Waals surface area contributed by atoms with E-state index < -0.39 is 27.2 Å². The molecule has 1 aromatic heterocycles.